The van der Waals surface area contributed by atoms with Crippen molar-refractivity contribution in [3.63, 3.8) is 0 Å². The van der Waals surface area contributed by atoms with Crippen LogP contribution in [0.25, 0.3) is 0 Å². The third kappa shape index (κ3) is 7.41. The summed E-state index contributed by atoms with van der Waals surface area (Å²) in [4.78, 5) is 28.4. The number of benzene rings is 3. The molecule has 0 fully saturated rings. The molecule has 0 spiro atoms. The summed E-state index contributed by atoms with van der Waals surface area (Å²) in [6, 6.07) is 11.6. The average molecular weight is 543 g/mol. The number of ketones is 2. The zero-order valence-electron chi connectivity index (χ0n) is 25.8. The maximum Gasteiger partial charge on any atom is 0.197 e. The van der Waals surface area contributed by atoms with Crippen LogP contribution in [0.3, 0.4) is 0 Å². The van der Waals surface area contributed by atoms with Gasteiger partial charge in [-0.2, -0.15) is 0 Å². The fourth-order valence-electron chi connectivity index (χ4n) is 5.57. The van der Waals surface area contributed by atoms with Crippen LogP contribution in [-0.4, -0.2) is 24.8 Å². The quantitative estimate of drug-likeness (QED) is 0.151. The van der Waals surface area contributed by atoms with E-state index in [1.54, 1.807) is 12.1 Å². The molecule has 3 aromatic rings. The Bertz CT molecular complexity index is 1220. The van der Waals surface area contributed by atoms with Gasteiger partial charge in [0.1, 0.15) is 11.5 Å². The molecule has 3 rings (SSSR count). The number of carbonyl (C=O) groups is 2. The summed E-state index contributed by atoms with van der Waals surface area (Å²) < 4.78 is 12.5. The molecular weight excluding hydrogens is 496 g/mol. The van der Waals surface area contributed by atoms with Crippen LogP contribution in [0.1, 0.15) is 118 Å². The van der Waals surface area contributed by atoms with Gasteiger partial charge in [-0.15, -0.1) is 0 Å². The minimum Gasteiger partial charge on any atom is -0.493 e. The monoisotopic (exact) mass is 542 g/mol. The zero-order chi connectivity index (χ0) is 29.4. The second-order valence-electron chi connectivity index (χ2n) is 11.2. The van der Waals surface area contributed by atoms with Gasteiger partial charge in [-0.1, -0.05) is 74.9 Å². The third-order valence-corrected chi connectivity index (χ3v) is 7.39. The van der Waals surface area contributed by atoms with Crippen LogP contribution in [0.4, 0.5) is 0 Å². The van der Waals surface area contributed by atoms with E-state index in [0.717, 1.165) is 71.9 Å². The number of aryl methyl sites for hydroxylation is 6. The molecule has 4 heteroatoms. The number of rotatable bonds is 14. The van der Waals surface area contributed by atoms with Crippen LogP contribution in [-0.2, 0) is 0 Å². The van der Waals surface area contributed by atoms with Crippen LogP contribution in [0, 0.1) is 41.5 Å². The van der Waals surface area contributed by atoms with Gasteiger partial charge in [0.25, 0.3) is 0 Å². The topological polar surface area (TPSA) is 52.6 Å². The largest absolute Gasteiger partial charge is 0.493 e. The number of carbonyl (C=O) groups excluding carboxylic acids is 2. The van der Waals surface area contributed by atoms with Crippen molar-refractivity contribution in [1.29, 1.82) is 0 Å². The maximum absolute atomic E-state index is 14.2. The predicted octanol–water partition coefficient (Wildman–Crippen LogP) is 9.14. The van der Waals surface area contributed by atoms with Crippen LogP contribution in [0.2, 0.25) is 0 Å². The summed E-state index contributed by atoms with van der Waals surface area (Å²) in [5, 5.41) is 0. The van der Waals surface area contributed by atoms with E-state index in [-0.39, 0.29) is 11.6 Å². The van der Waals surface area contributed by atoms with Gasteiger partial charge in [0.15, 0.2) is 11.6 Å². The van der Waals surface area contributed by atoms with Gasteiger partial charge in [-0.3, -0.25) is 9.59 Å². The molecule has 4 nitrogen and oxygen atoms in total. The van der Waals surface area contributed by atoms with Gasteiger partial charge in [0.05, 0.1) is 24.3 Å². The Balaban J connectivity index is 2.21. The molecule has 0 saturated heterocycles. The standard InChI is InChI=1S/C36H46O4/c1-9-11-13-15-39-31-22-32(40-16-14-12-10-2)30(36(38)34-27(7)19-24(4)20-28(34)8)21-29(31)35(37)33-25(5)17-23(3)18-26(33)6/h17-22H,9-16H2,1-8H3. The maximum atomic E-state index is 14.2. The fraction of sp³-hybridized carbons (Fsp3) is 0.444. The van der Waals surface area contributed by atoms with E-state index >= 15 is 0 Å². The van der Waals surface area contributed by atoms with Gasteiger partial charge in [-0.05, 0) is 82.7 Å². The molecule has 0 aliphatic heterocycles. The Hall–Kier alpha value is -3.40. The first-order valence-corrected chi connectivity index (χ1v) is 14.8. The first kappa shape index (κ1) is 31.1. The van der Waals surface area contributed by atoms with Crippen LogP contribution in [0.5, 0.6) is 11.5 Å². The second-order valence-corrected chi connectivity index (χ2v) is 11.2. The van der Waals surface area contributed by atoms with Crippen molar-refractivity contribution in [2.24, 2.45) is 0 Å². The summed E-state index contributed by atoms with van der Waals surface area (Å²) in [6.07, 6.45) is 6.02. The first-order chi connectivity index (χ1) is 19.1. The van der Waals surface area contributed by atoms with E-state index in [0.29, 0.717) is 47.0 Å². The summed E-state index contributed by atoms with van der Waals surface area (Å²) in [6.45, 7) is 17.2. The van der Waals surface area contributed by atoms with Gasteiger partial charge >= 0.3 is 0 Å². The van der Waals surface area contributed by atoms with Gasteiger partial charge < -0.3 is 9.47 Å². The van der Waals surface area contributed by atoms with Crippen molar-refractivity contribution in [2.75, 3.05) is 13.2 Å². The van der Waals surface area contributed by atoms with Crippen LogP contribution >= 0.6 is 0 Å². The third-order valence-electron chi connectivity index (χ3n) is 7.39. The summed E-state index contributed by atoms with van der Waals surface area (Å²) in [5.41, 5.74) is 7.99. The Labute approximate surface area is 241 Å². The molecule has 214 valence electrons. The van der Waals surface area contributed by atoms with Crippen LogP contribution in [0.15, 0.2) is 36.4 Å². The van der Waals surface area contributed by atoms with Gasteiger partial charge in [0.2, 0.25) is 0 Å². The van der Waals surface area contributed by atoms with Gasteiger partial charge in [0, 0.05) is 17.2 Å². The van der Waals surface area contributed by atoms with Crippen molar-refractivity contribution in [3.8, 4) is 11.5 Å². The van der Waals surface area contributed by atoms with Crippen molar-refractivity contribution >= 4 is 11.6 Å². The molecule has 0 radical (unpaired) electrons. The molecule has 0 heterocycles. The molecule has 0 amide bonds. The highest BCUT2D eigenvalue weighted by atomic mass is 16.5. The Morgan fingerprint density at radius 1 is 0.525 bits per heavy atom. The van der Waals surface area contributed by atoms with E-state index in [1.165, 1.54) is 0 Å². The summed E-state index contributed by atoms with van der Waals surface area (Å²) in [7, 11) is 0. The molecule has 40 heavy (non-hydrogen) atoms. The highest BCUT2D eigenvalue weighted by molar-refractivity contribution is 6.17. The van der Waals surface area contributed by atoms with Gasteiger partial charge in [-0.25, -0.2) is 0 Å². The smallest absolute Gasteiger partial charge is 0.197 e. The highest BCUT2D eigenvalue weighted by Crippen LogP contribution is 2.35. The molecule has 0 atom stereocenters. The summed E-state index contributed by atoms with van der Waals surface area (Å²) >= 11 is 0. The molecule has 0 aliphatic carbocycles. The Kier molecular flexibility index (Phi) is 11.1. The normalized spacial score (nSPS) is 11.0. The highest BCUT2D eigenvalue weighted by Gasteiger charge is 2.26. The number of unbranched alkanes of at least 4 members (excludes halogenated alkanes) is 4. The van der Waals surface area contributed by atoms with Crippen LogP contribution < -0.4 is 9.47 Å². The second kappa shape index (κ2) is 14.3. The molecule has 0 N–H and O–H groups in total. The first-order valence-electron chi connectivity index (χ1n) is 14.8. The van der Waals surface area contributed by atoms with E-state index in [9.17, 15) is 9.59 Å². The molecule has 0 unspecified atom stereocenters. The minimum absolute atomic E-state index is 0.135. The van der Waals surface area contributed by atoms with Crippen molar-refractivity contribution in [1.82, 2.24) is 0 Å². The zero-order valence-corrected chi connectivity index (χ0v) is 25.8. The SMILES string of the molecule is CCCCCOc1cc(OCCCCC)c(C(=O)c2c(C)cc(C)cc2C)cc1C(=O)c1c(C)cc(C)cc1C. The van der Waals surface area contributed by atoms with E-state index in [1.807, 2.05) is 65.8 Å². The lowest BCUT2D eigenvalue weighted by molar-refractivity contribution is 0.103. The number of ether oxygens (including phenoxy) is 2. The van der Waals surface area contributed by atoms with E-state index < -0.39 is 0 Å². The van der Waals surface area contributed by atoms with E-state index in [2.05, 4.69) is 13.8 Å². The lowest BCUT2D eigenvalue weighted by Crippen LogP contribution is -2.15. The minimum atomic E-state index is -0.135. The van der Waals surface area contributed by atoms with Crippen molar-refractivity contribution < 1.29 is 19.1 Å². The molecule has 0 aliphatic rings. The van der Waals surface area contributed by atoms with E-state index in [4.69, 9.17) is 9.47 Å². The van der Waals surface area contributed by atoms with Crippen molar-refractivity contribution in [3.05, 3.63) is 92.0 Å². The lowest BCUT2D eigenvalue weighted by atomic mass is 9.89. The molecule has 0 aromatic heterocycles. The average Bonchev–Trinajstić information content (AvgIpc) is 2.87. The molecule has 0 saturated carbocycles. The Morgan fingerprint density at radius 3 is 1.20 bits per heavy atom. The lowest BCUT2D eigenvalue weighted by Gasteiger charge is -2.19. The number of hydrogen-bond donors (Lipinski definition) is 0. The Morgan fingerprint density at radius 2 is 0.875 bits per heavy atom. The fourth-order valence-corrected chi connectivity index (χ4v) is 5.57. The predicted molar refractivity (Wildman–Crippen MR) is 165 cm³/mol. The summed E-state index contributed by atoms with van der Waals surface area (Å²) in [5.74, 6) is 0.675. The van der Waals surface area contributed by atoms with Crippen molar-refractivity contribution in [2.45, 2.75) is 93.9 Å². The molecular formula is C36H46O4. The molecule has 3 aromatic carbocycles. The number of hydrogen-bond acceptors (Lipinski definition) is 4. The molecule has 0 bridgehead atoms.